The second-order valence-corrected chi connectivity index (χ2v) is 2.14. The quantitative estimate of drug-likeness (QED) is 0.221. The monoisotopic (exact) mass is 153 g/mol. The van der Waals surface area contributed by atoms with Crippen molar-refractivity contribution in [3.63, 3.8) is 0 Å². The Morgan fingerprint density at radius 3 is 2.91 bits per heavy atom. The van der Waals surface area contributed by atoms with E-state index in [-0.39, 0.29) is 0 Å². The highest BCUT2D eigenvalue weighted by molar-refractivity contribution is 5.97. The summed E-state index contributed by atoms with van der Waals surface area (Å²) in [4.78, 5) is 3.92. The van der Waals surface area contributed by atoms with E-state index >= 15 is 0 Å². The summed E-state index contributed by atoms with van der Waals surface area (Å²) in [6.07, 6.45) is 1.72. The van der Waals surface area contributed by atoms with Crippen LogP contribution in [0.1, 0.15) is 11.3 Å². The fourth-order valence-corrected chi connectivity index (χ4v) is 0.835. The third kappa shape index (κ3) is 1.38. The van der Waals surface area contributed by atoms with Crippen LogP contribution < -0.4 is 11.3 Å². The van der Waals surface area contributed by atoms with Gasteiger partial charge >= 0.3 is 0 Å². The molecule has 4 N–H and O–H groups in total. The summed E-state index contributed by atoms with van der Waals surface area (Å²) in [5.41, 5.74) is 4.32. The Morgan fingerprint density at radius 1 is 1.82 bits per heavy atom. The van der Waals surface area contributed by atoms with Gasteiger partial charge in [0, 0.05) is 7.05 Å². The zero-order valence-corrected chi connectivity index (χ0v) is 6.55. The topological polar surface area (TPSA) is 79.1 Å². The number of aliphatic imine (C=N–C) groups is 1. The lowest BCUT2D eigenvalue weighted by Crippen LogP contribution is -2.31. The van der Waals surface area contributed by atoms with Crippen LogP contribution in [-0.2, 0) is 0 Å². The highest BCUT2D eigenvalue weighted by Gasteiger charge is 2.04. The zero-order valence-electron chi connectivity index (χ0n) is 6.55. The van der Waals surface area contributed by atoms with Crippen molar-refractivity contribution < 1.29 is 0 Å². The molecule has 1 aromatic rings. The Morgan fingerprint density at radius 2 is 2.55 bits per heavy atom. The largest absolute Gasteiger partial charge is 0.307 e. The number of aromatic amines is 1. The fourth-order valence-electron chi connectivity index (χ4n) is 0.835. The second kappa shape index (κ2) is 3.16. The van der Waals surface area contributed by atoms with Crippen LogP contribution in [0.4, 0.5) is 0 Å². The summed E-state index contributed by atoms with van der Waals surface area (Å²) in [5.74, 6) is 5.83. The lowest BCUT2D eigenvalue weighted by molar-refractivity contribution is 0.989. The Balaban J connectivity index is 3.00. The molecule has 0 radical (unpaired) electrons. The van der Waals surface area contributed by atoms with Gasteiger partial charge in [-0.15, -0.1) is 0 Å². The molecule has 5 nitrogen and oxygen atoms in total. The number of amidine groups is 1. The van der Waals surface area contributed by atoms with Gasteiger partial charge in [-0.25, -0.2) is 5.84 Å². The maximum absolute atomic E-state index is 5.21. The molecule has 11 heavy (non-hydrogen) atoms. The van der Waals surface area contributed by atoms with E-state index in [4.69, 9.17) is 5.84 Å². The van der Waals surface area contributed by atoms with Crippen LogP contribution in [0.5, 0.6) is 0 Å². The number of H-pyrrole nitrogens is 1. The smallest absolute Gasteiger partial charge is 0.160 e. The van der Waals surface area contributed by atoms with E-state index in [2.05, 4.69) is 20.6 Å². The Bertz CT molecular complexity index is 262. The van der Waals surface area contributed by atoms with Crippen molar-refractivity contribution in [1.29, 1.82) is 0 Å². The van der Waals surface area contributed by atoms with Gasteiger partial charge in [-0.1, -0.05) is 0 Å². The molecule has 1 aromatic heterocycles. The van der Waals surface area contributed by atoms with E-state index in [1.165, 1.54) is 0 Å². The van der Waals surface area contributed by atoms with Crippen molar-refractivity contribution in [1.82, 2.24) is 15.6 Å². The molecule has 0 saturated carbocycles. The van der Waals surface area contributed by atoms with E-state index < -0.39 is 0 Å². The van der Waals surface area contributed by atoms with E-state index in [0.717, 1.165) is 11.3 Å². The van der Waals surface area contributed by atoms with Gasteiger partial charge in [0.15, 0.2) is 5.84 Å². The molecular formula is C6H11N5. The average molecular weight is 153 g/mol. The molecule has 60 valence electrons. The Hall–Kier alpha value is -1.36. The average Bonchev–Trinajstić information content (AvgIpc) is 2.40. The van der Waals surface area contributed by atoms with Crippen molar-refractivity contribution in [3.8, 4) is 0 Å². The highest BCUT2D eigenvalue weighted by atomic mass is 15.3. The zero-order chi connectivity index (χ0) is 8.27. The van der Waals surface area contributed by atoms with Crippen molar-refractivity contribution in [2.75, 3.05) is 7.05 Å². The molecule has 0 aliphatic rings. The lowest BCUT2D eigenvalue weighted by atomic mass is 10.2. The Kier molecular flexibility index (Phi) is 2.22. The number of hydrogen-bond acceptors (Lipinski definition) is 3. The summed E-state index contributed by atoms with van der Waals surface area (Å²) >= 11 is 0. The second-order valence-electron chi connectivity index (χ2n) is 2.14. The molecule has 0 aliphatic carbocycles. The summed E-state index contributed by atoms with van der Waals surface area (Å²) in [7, 11) is 1.66. The van der Waals surface area contributed by atoms with E-state index in [1.807, 2.05) is 6.92 Å². The third-order valence-electron chi connectivity index (χ3n) is 1.43. The van der Waals surface area contributed by atoms with Gasteiger partial charge < -0.3 is 5.43 Å². The van der Waals surface area contributed by atoms with E-state index in [0.29, 0.717) is 5.84 Å². The van der Waals surface area contributed by atoms with Gasteiger partial charge in [-0.05, 0) is 12.5 Å². The number of aryl methyl sites for hydroxylation is 1. The van der Waals surface area contributed by atoms with Crippen LogP contribution in [0.15, 0.2) is 11.2 Å². The molecule has 5 heteroatoms. The molecule has 1 rings (SSSR count). The molecule has 0 atom stereocenters. The van der Waals surface area contributed by atoms with Crippen LogP contribution in [0.2, 0.25) is 0 Å². The first-order chi connectivity index (χ1) is 5.29. The number of nitrogens with one attached hydrogen (secondary N) is 2. The normalized spacial score (nSPS) is 11.7. The van der Waals surface area contributed by atoms with E-state index in [9.17, 15) is 0 Å². The molecular weight excluding hydrogens is 142 g/mol. The first kappa shape index (κ1) is 7.74. The molecule has 0 fully saturated rings. The molecule has 0 amide bonds. The van der Waals surface area contributed by atoms with Crippen molar-refractivity contribution in [3.05, 3.63) is 17.5 Å². The summed E-state index contributed by atoms with van der Waals surface area (Å²) in [5, 5.41) is 6.62. The van der Waals surface area contributed by atoms with Gasteiger partial charge in [0.2, 0.25) is 0 Å². The van der Waals surface area contributed by atoms with Gasteiger partial charge in [-0.2, -0.15) is 5.10 Å². The van der Waals surface area contributed by atoms with Gasteiger partial charge in [0.05, 0.1) is 6.20 Å². The number of nitrogens with two attached hydrogens (primary N) is 1. The van der Waals surface area contributed by atoms with Crippen LogP contribution in [0.3, 0.4) is 0 Å². The summed E-state index contributed by atoms with van der Waals surface area (Å²) < 4.78 is 0. The number of aromatic nitrogens is 2. The van der Waals surface area contributed by atoms with Crippen LogP contribution >= 0.6 is 0 Å². The Labute approximate surface area is 64.7 Å². The predicted molar refractivity (Wildman–Crippen MR) is 43.1 cm³/mol. The van der Waals surface area contributed by atoms with E-state index in [1.54, 1.807) is 13.2 Å². The minimum atomic E-state index is 0.611. The van der Waals surface area contributed by atoms with Crippen LogP contribution in [0, 0.1) is 6.92 Å². The standard InChI is InChI=1S/C6H11N5/c1-4-3-9-11-5(4)6(8-2)10-7/h3H,7H2,1-2H3,(H,8,10)(H,9,11). The third-order valence-corrected chi connectivity index (χ3v) is 1.43. The maximum Gasteiger partial charge on any atom is 0.160 e. The minimum Gasteiger partial charge on any atom is -0.307 e. The van der Waals surface area contributed by atoms with Gasteiger partial charge in [0.1, 0.15) is 5.69 Å². The van der Waals surface area contributed by atoms with Gasteiger partial charge in [0.25, 0.3) is 0 Å². The predicted octanol–water partition coefficient (Wildman–Crippen LogP) is -0.442. The lowest BCUT2D eigenvalue weighted by Gasteiger charge is -2.01. The van der Waals surface area contributed by atoms with Crippen molar-refractivity contribution in [2.45, 2.75) is 6.92 Å². The maximum atomic E-state index is 5.21. The molecule has 0 spiro atoms. The summed E-state index contributed by atoms with van der Waals surface area (Å²) in [6.45, 7) is 1.93. The number of hydrogen-bond donors (Lipinski definition) is 3. The number of hydrazine groups is 1. The van der Waals surface area contributed by atoms with Crippen LogP contribution in [0.25, 0.3) is 0 Å². The minimum absolute atomic E-state index is 0.611. The van der Waals surface area contributed by atoms with Crippen molar-refractivity contribution >= 4 is 5.84 Å². The molecule has 0 bridgehead atoms. The summed E-state index contributed by atoms with van der Waals surface area (Å²) in [6, 6.07) is 0. The molecule has 0 unspecified atom stereocenters. The van der Waals surface area contributed by atoms with Crippen LogP contribution in [-0.4, -0.2) is 23.1 Å². The highest BCUT2D eigenvalue weighted by Crippen LogP contribution is 2.00. The molecule has 1 heterocycles. The molecule has 0 aliphatic heterocycles. The fraction of sp³-hybridized carbons (Fsp3) is 0.333. The molecule has 0 aromatic carbocycles. The SMILES string of the molecule is CN=C(NN)c1[nH]ncc1C. The van der Waals surface area contributed by atoms with Gasteiger partial charge in [-0.3, -0.25) is 10.1 Å². The number of rotatable bonds is 1. The molecule has 0 saturated heterocycles. The first-order valence-electron chi connectivity index (χ1n) is 3.23. The first-order valence-corrected chi connectivity index (χ1v) is 3.23. The number of nitrogens with zero attached hydrogens (tertiary/aromatic N) is 2. The van der Waals surface area contributed by atoms with Crippen molar-refractivity contribution in [2.24, 2.45) is 10.8 Å².